The normalized spacial score (nSPS) is 13.0. The minimum absolute atomic E-state index is 0.184. The molecule has 194 valence electrons. The summed E-state index contributed by atoms with van der Waals surface area (Å²) in [5, 5.41) is 5.26. The number of benzene rings is 4. The number of carbonyl (C=O) groups excluding carboxylic acids is 3. The van der Waals surface area contributed by atoms with E-state index in [9.17, 15) is 18.8 Å². The van der Waals surface area contributed by atoms with Gasteiger partial charge in [0.1, 0.15) is 28.9 Å². The van der Waals surface area contributed by atoms with Gasteiger partial charge in [-0.1, -0.05) is 54.1 Å². The van der Waals surface area contributed by atoms with Crippen LogP contribution in [0.4, 0.5) is 21.5 Å². The van der Waals surface area contributed by atoms with Crippen LogP contribution in [0.3, 0.4) is 0 Å². The second kappa shape index (κ2) is 11.2. The van der Waals surface area contributed by atoms with Gasteiger partial charge in [-0.2, -0.15) is 0 Å². The topological polar surface area (TPSA) is 87.7 Å². The molecule has 7 nitrogen and oxygen atoms in total. The summed E-state index contributed by atoms with van der Waals surface area (Å²) in [6.07, 6.45) is 0. The molecule has 4 aromatic rings. The van der Waals surface area contributed by atoms with E-state index < -0.39 is 17.6 Å². The van der Waals surface area contributed by atoms with Crippen molar-refractivity contribution in [2.24, 2.45) is 0 Å². The summed E-state index contributed by atoms with van der Waals surface area (Å²) >= 11 is 6.11. The Bertz CT molecular complexity index is 1570. The smallest absolute Gasteiger partial charge is 0.283 e. The highest BCUT2D eigenvalue weighted by molar-refractivity contribution is 6.53. The summed E-state index contributed by atoms with van der Waals surface area (Å²) in [6.45, 7) is 0.440. The van der Waals surface area contributed by atoms with E-state index in [1.54, 1.807) is 48.5 Å². The molecule has 0 fully saturated rings. The maximum Gasteiger partial charge on any atom is 0.283 e. The number of imide groups is 1. The zero-order chi connectivity index (χ0) is 27.4. The Kier molecular flexibility index (Phi) is 7.38. The SMILES string of the molecule is O=C(Nc1ccc(OCc2ccccc2)cc1)c1ccc(NC2=C(Cl)C(=O)N(c3ccccc3F)C2=O)cc1. The van der Waals surface area contributed by atoms with E-state index in [4.69, 9.17) is 16.3 Å². The maximum absolute atomic E-state index is 14.2. The fourth-order valence-corrected chi connectivity index (χ4v) is 4.10. The van der Waals surface area contributed by atoms with Gasteiger partial charge in [0.2, 0.25) is 0 Å². The summed E-state index contributed by atoms with van der Waals surface area (Å²) < 4.78 is 20.0. The first-order valence-corrected chi connectivity index (χ1v) is 12.3. The van der Waals surface area contributed by atoms with Gasteiger partial charge in [0.05, 0.1) is 5.69 Å². The van der Waals surface area contributed by atoms with Crippen LogP contribution >= 0.6 is 11.6 Å². The molecule has 39 heavy (non-hydrogen) atoms. The number of carbonyl (C=O) groups is 3. The summed E-state index contributed by atoms with van der Waals surface area (Å²) in [6, 6.07) is 28.5. The molecule has 1 aliphatic rings. The van der Waals surface area contributed by atoms with Crippen molar-refractivity contribution in [1.82, 2.24) is 0 Å². The molecule has 5 rings (SSSR count). The highest BCUT2D eigenvalue weighted by Crippen LogP contribution is 2.31. The lowest BCUT2D eigenvalue weighted by atomic mass is 10.2. The van der Waals surface area contributed by atoms with E-state index in [-0.39, 0.29) is 22.3 Å². The number of hydrogen-bond donors (Lipinski definition) is 2. The molecule has 1 aliphatic heterocycles. The summed E-state index contributed by atoms with van der Waals surface area (Å²) in [4.78, 5) is 38.8. The predicted molar refractivity (Wildman–Crippen MR) is 147 cm³/mol. The molecule has 4 aromatic carbocycles. The van der Waals surface area contributed by atoms with Gasteiger partial charge in [0.15, 0.2) is 0 Å². The van der Waals surface area contributed by atoms with Crippen molar-refractivity contribution in [3.8, 4) is 5.75 Å². The van der Waals surface area contributed by atoms with Crippen molar-refractivity contribution in [3.05, 3.63) is 131 Å². The van der Waals surface area contributed by atoms with Gasteiger partial charge in [-0.15, -0.1) is 0 Å². The summed E-state index contributed by atoms with van der Waals surface area (Å²) in [5.41, 5.74) is 2.05. The molecule has 0 spiro atoms. The first-order valence-electron chi connectivity index (χ1n) is 11.9. The molecular formula is C30H21ClFN3O4. The third kappa shape index (κ3) is 5.66. The zero-order valence-corrected chi connectivity index (χ0v) is 21.1. The third-order valence-electron chi connectivity index (χ3n) is 5.90. The van der Waals surface area contributed by atoms with E-state index >= 15 is 0 Å². The number of rotatable bonds is 8. The van der Waals surface area contributed by atoms with Gasteiger partial charge < -0.3 is 15.4 Å². The van der Waals surface area contributed by atoms with Gasteiger partial charge in [-0.05, 0) is 66.2 Å². The number of para-hydroxylation sites is 1. The minimum Gasteiger partial charge on any atom is -0.489 e. The third-order valence-corrected chi connectivity index (χ3v) is 6.25. The van der Waals surface area contributed by atoms with E-state index in [2.05, 4.69) is 10.6 Å². The Balaban J connectivity index is 1.20. The van der Waals surface area contributed by atoms with Crippen molar-refractivity contribution < 1.29 is 23.5 Å². The zero-order valence-electron chi connectivity index (χ0n) is 20.4. The first-order chi connectivity index (χ1) is 18.9. The molecule has 0 atom stereocenters. The Morgan fingerprint density at radius 3 is 2.13 bits per heavy atom. The number of amides is 3. The van der Waals surface area contributed by atoms with Crippen LogP contribution in [0.25, 0.3) is 0 Å². The monoisotopic (exact) mass is 541 g/mol. The van der Waals surface area contributed by atoms with Crippen LogP contribution in [-0.2, 0) is 16.2 Å². The maximum atomic E-state index is 14.2. The molecule has 0 saturated heterocycles. The Hall–Kier alpha value is -4.95. The van der Waals surface area contributed by atoms with Crippen LogP contribution in [0.5, 0.6) is 5.75 Å². The number of hydrogen-bond acceptors (Lipinski definition) is 5. The van der Waals surface area contributed by atoms with Gasteiger partial charge in [-0.25, -0.2) is 9.29 Å². The van der Waals surface area contributed by atoms with Crippen LogP contribution < -0.4 is 20.3 Å². The lowest BCUT2D eigenvalue weighted by Crippen LogP contribution is -2.33. The van der Waals surface area contributed by atoms with Gasteiger partial charge >= 0.3 is 0 Å². The fraction of sp³-hybridized carbons (Fsp3) is 0.0333. The molecule has 2 N–H and O–H groups in total. The Labute approximate surface area is 228 Å². The van der Waals surface area contributed by atoms with Crippen LogP contribution in [0.15, 0.2) is 114 Å². The fourth-order valence-electron chi connectivity index (χ4n) is 3.89. The summed E-state index contributed by atoms with van der Waals surface area (Å²) in [7, 11) is 0. The highest BCUT2D eigenvalue weighted by atomic mass is 35.5. The van der Waals surface area contributed by atoms with Crippen molar-refractivity contribution in [1.29, 1.82) is 0 Å². The quantitative estimate of drug-likeness (QED) is 0.263. The van der Waals surface area contributed by atoms with Crippen molar-refractivity contribution in [2.75, 3.05) is 15.5 Å². The Morgan fingerprint density at radius 1 is 0.795 bits per heavy atom. The molecule has 0 aliphatic carbocycles. The van der Waals surface area contributed by atoms with Crippen molar-refractivity contribution in [2.45, 2.75) is 6.61 Å². The molecule has 0 unspecified atom stereocenters. The van der Waals surface area contributed by atoms with Crippen molar-refractivity contribution >= 4 is 46.4 Å². The standard InChI is InChI=1S/C30H21ClFN3O4/c31-26-27(30(38)35(29(26)37)25-9-5-4-8-24(25)32)33-21-12-10-20(11-13-21)28(36)34-22-14-16-23(17-15-22)39-18-19-6-2-1-3-7-19/h1-17,33H,18H2,(H,34,36). The Morgan fingerprint density at radius 2 is 1.44 bits per heavy atom. The number of anilines is 3. The van der Waals surface area contributed by atoms with Gasteiger partial charge in [-0.3, -0.25) is 14.4 Å². The van der Waals surface area contributed by atoms with E-state index in [0.717, 1.165) is 11.6 Å². The van der Waals surface area contributed by atoms with Gasteiger partial charge in [0.25, 0.3) is 17.7 Å². The molecule has 0 radical (unpaired) electrons. The second-order valence-corrected chi connectivity index (χ2v) is 8.92. The number of nitrogens with zero attached hydrogens (tertiary/aromatic N) is 1. The average Bonchev–Trinajstić information content (AvgIpc) is 3.16. The highest BCUT2D eigenvalue weighted by Gasteiger charge is 2.40. The lowest BCUT2D eigenvalue weighted by Gasteiger charge is -2.15. The number of nitrogens with one attached hydrogen (secondary N) is 2. The molecule has 0 saturated carbocycles. The largest absolute Gasteiger partial charge is 0.489 e. The average molecular weight is 542 g/mol. The van der Waals surface area contributed by atoms with E-state index in [1.807, 2.05) is 30.3 Å². The molecule has 0 aromatic heterocycles. The minimum atomic E-state index is -0.832. The van der Waals surface area contributed by atoms with Crippen LogP contribution in [-0.4, -0.2) is 17.7 Å². The summed E-state index contributed by atoms with van der Waals surface area (Å²) in [5.74, 6) is -2.01. The number of halogens is 2. The molecule has 9 heteroatoms. The predicted octanol–water partition coefficient (Wildman–Crippen LogP) is 6.09. The van der Waals surface area contributed by atoms with Crippen LogP contribution in [0.2, 0.25) is 0 Å². The van der Waals surface area contributed by atoms with E-state index in [0.29, 0.717) is 34.2 Å². The van der Waals surface area contributed by atoms with E-state index in [1.165, 1.54) is 18.2 Å². The molecule has 0 bridgehead atoms. The van der Waals surface area contributed by atoms with Crippen molar-refractivity contribution in [3.63, 3.8) is 0 Å². The number of ether oxygens (including phenoxy) is 1. The first kappa shape index (κ1) is 25.7. The molecule has 1 heterocycles. The molecule has 3 amide bonds. The molecular weight excluding hydrogens is 521 g/mol. The van der Waals surface area contributed by atoms with Crippen LogP contribution in [0.1, 0.15) is 15.9 Å². The van der Waals surface area contributed by atoms with Gasteiger partial charge in [0, 0.05) is 16.9 Å². The van der Waals surface area contributed by atoms with Crippen LogP contribution in [0, 0.1) is 5.82 Å². The second-order valence-electron chi connectivity index (χ2n) is 8.54. The lowest BCUT2D eigenvalue weighted by molar-refractivity contribution is -0.120.